The molecule has 1 spiro atoms. The van der Waals surface area contributed by atoms with Crippen LogP contribution in [0.25, 0.3) is 0 Å². The number of methoxy groups -OCH3 is 1. The Bertz CT molecular complexity index is 532. The fourth-order valence-electron chi connectivity index (χ4n) is 4.07. The van der Waals surface area contributed by atoms with Crippen molar-refractivity contribution in [2.24, 2.45) is 11.3 Å². The number of amides is 2. The molecule has 2 amide bonds. The van der Waals surface area contributed by atoms with E-state index in [1.54, 1.807) is 0 Å². The number of rotatable bonds is 5. The van der Waals surface area contributed by atoms with Gasteiger partial charge < -0.3 is 25.4 Å². The van der Waals surface area contributed by atoms with Gasteiger partial charge in [0.15, 0.2) is 0 Å². The van der Waals surface area contributed by atoms with Crippen LogP contribution in [-0.4, -0.2) is 63.3 Å². The topological polar surface area (TPSA) is 106 Å². The van der Waals surface area contributed by atoms with E-state index in [1.807, 2.05) is 0 Å². The van der Waals surface area contributed by atoms with Crippen molar-refractivity contribution in [3.8, 4) is 0 Å². The van der Waals surface area contributed by atoms with Crippen LogP contribution in [-0.2, 0) is 23.9 Å². The van der Waals surface area contributed by atoms with Crippen LogP contribution >= 0.6 is 0 Å². The van der Waals surface area contributed by atoms with E-state index >= 15 is 0 Å². The van der Waals surface area contributed by atoms with Gasteiger partial charge in [-0.15, -0.1) is 0 Å². The first-order valence-electron chi connectivity index (χ1n) is 9.00. The maximum Gasteiger partial charge on any atom is 0.328 e. The lowest BCUT2D eigenvalue weighted by Crippen LogP contribution is -2.49. The first-order valence-corrected chi connectivity index (χ1v) is 9.00. The summed E-state index contributed by atoms with van der Waals surface area (Å²) in [5.74, 6) is -1.03. The average Bonchev–Trinajstić information content (AvgIpc) is 3.21. The number of carbonyl (C=O) groups excluding carboxylic acids is 3. The molecule has 8 nitrogen and oxygen atoms in total. The fourth-order valence-corrected chi connectivity index (χ4v) is 4.07. The Labute approximate surface area is 147 Å². The largest absolute Gasteiger partial charge is 0.467 e. The Morgan fingerprint density at radius 3 is 2.80 bits per heavy atom. The molecule has 3 rings (SSSR count). The molecule has 140 valence electrons. The van der Waals surface area contributed by atoms with E-state index in [9.17, 15) is 14.4 Å². The maximum absolute atomic E-state index is 12.6. The lowest BCUT2D eigenvalue weighted by molar-refractivity contribution is -0.146. The molecule has 3 saturated heterocycles. The molecule has 3 heterocycles. The molecule has 0 aromatic heterocycles. The van der Waals surface area contributed by atoms with Crippen molar-refractivity contribution < 1.29 is 23.9 Å². The van der Waals surface area contributed by atoms with Crippen LogP contribution in [0.15, 0.2) is 0 Å². The van der Waals surface area contributed by atoms with Crippen molar-refractivity contribution in [1.82, 2.24) is 16.0 Å². The first-order chi connectivity index (χ1) is 12.0. The summed E-state index contributed by atoms with van der Waals surface area (Å²) >= 11 is 0. The molecule has 0 aliphatic carbocycles. The van der Waals surface area contributed by atoms with Crippen LogP contribution in [0.1, 0.15) is 32.1 Å². The molecule has 3 atom stereocenters. The highest BCUT2D eigenvalue weighted by molar-refractivity contribution is 5.88. The molecule has 8 heteroatoms. The Balaban J connectivity index is 1.58. The zero-order chi connectivity index (χ0) is 17.9. The van der Waals surface area contributed by atoms with Crippen molar-refractivity contribution in [3.63, 3.8) is 0 Å². The van der Waals surface area contributed by atoms with Crippen LogP contribution in [0.4, 0.5) is 0 Å². The molecule has 1 unspecified atom stereocenters. The smallest absolute Gasteiger partial charge is 0.328 e. The highest BCUT2D eigenvalue weighted by Crippen LogP contribution is 2.38. The van der Waals surface area contributed by atoms with E-state index in [0.717, 1.165) is 39.0 Å². The molecular formula is C17H27N3O5. The van der Waals surface area contributed by atoms with Gasteiger partial charge >= 0.3 is 5.97 Å². The number of esters is 1. The second-order valence-corrected chi connectivity index (χ2v) is 7.35. The summed E-state index contributed by atoms with van der Waals surface area (Å²) in [5.41, 5.74) is 0.117. The zero-order valence-electron chi connectivity index (χ0n) is 14.6. The number of carbonyl (C=O) groups is 3. The third-order valence-corrected chi connectivity index (χ3v) is 5.72. The lowest BCUT2D eigenvalue weighted by Gasteiger charge is -2.32. The molecule has 0 aromatic carbocycles. The summed E-state index contributed by atoms with van der Waals surface area (Å²) in [6, 6.07) is -1.11. The third kappa shape index (κ3) is 4.12. The SMILES string of the molecule is COC(=O)[C@H](C[C@@H]1CCNC1=O)NC(=O)C1CC2(CCOCC2)CN1. The van der Waals surface area contributed by atoms with E-state index < -0.39 is 12.0 Å². The predicted octanol–water partition coefficient (Wildman–Crippen LogP) is -0.671. The van der Waals surface area contributed by atoms with Gasteiger partial charge in [0.25, 0.3) is 0 Å². The Hall–Kier alpha value is -1.67. The molecule has 3 aliphatic rings. The minimum absolute atomic E-state index is 0.0664. The van der Waals surface area contributed by atoms with Gasteiger partial charge in [-0.05, 0) is 37.5 Å². The van der Waals surface area contributed by atoms with Gasteiger partial charge in [-0.1, -0.05) is 0 Å². The van der Waals surface area contributed by atoms with Crippen LogP contribution in [0, 0.1) is 11.3 Å². The standard InChI is InChI=1S/C17H27N3O5/c1-24-16(23)12(8-11-2-5-18-14(11)21)20-15(22)13-9-17(10-19-13)3-6-25-7-4-17/h11-13,19H,2-10H2,1H3,(H,18,21)(H,20,22)/t11-,12-,13?/m0/s1. The molecule has 3 aliphatic heterocycles. The number of hydrogen-bond acceptors (Lipinski definition) is 6. The summed E-state index contributed by atoms with van der Waals surface area (Å²) in [4.78, 5) is 36.5. The van der Waals surface area contributed by atoms with Gasteiger partial charge in [0.05, 0.1) is 13.2 Å². The second kappa shape index (κ2) is 7.70. The molecular weight excluding hydrogens is 326 g/mol. The number of nitrogens with one attached hydrogen (secondary N) is 3. The van der Waals surface area contributed by atoms with Gasteiger partial charge in [-0.2, -0.15) is 0 Å². The van der Waals surface area contributed by atoms with Crippen molar-refractivity contribution in [2.75, 3.05) is 33.4 Å². The summed E-state index contributed by atoms with van der Waals surface area (Å²) in [6.45, 7) is 2.87. The molecule has 0 saturated carbocycles. The van der Waals surface area contributed by atoms with Crippen molar-refractivity contribution >= 4 is 17.8 Å². The third-order valence-electron chi connectivity index (χ3n) is 5.72. The van der Waals surface area contributed by atoms with Gasteiger partial charge in [-0.3, -0.25) is 9.59 Å². The van der Waals surface area contributed by atoms with Crippen LogP contribution in [0.5, 0.6) is 0 Å². The molecule has 3 fully saturated rings. The van der Waals surface area contributed by atoms with Crippen LogP contribution in [0.2, 0.25) is 0 Å². The van der Waals surface area contributed by atoms with E-state index in [0.29, 0.717) is 13.0 Å². The quantitative estimate of drug-likeness (QED) is 0.566. The maximum atomic E-state index is 12.6. The first kappa shape index (κ1) is 18.1. The minimum atomic E-state index is -0.792. The summed E-state index contributed by atoms with van der Waals surface area (Å²) in [7, 11) is 1.29. The zero-order valence-corrected chi connectivity index (χ0v) is 14.6. The van der Waals surface area contributed by atoms with Gasteiger partial charge in [0.1, 0.15) is 6.04 Å². The van der Waals surface area contributed by atoms with Crippen molar-refractivity contribution in [2.45, 2.75) is 44.2 Å². The minimum Gasteiger partial charge on any atom is -0.467 e. The van der Waals surface area contributed by atoms with Gasteiger partial charge in [0, 0.05) is 32.2 Å². The number of hydrogen-bond donors (Lipinski definition) is 3. The Kier molecular flexibility index (Phi) is 5.58. The summed E-state index contributed by atoms with van der Waals surface area (Å²) in [6.07, 6.45) is 3.60. The predicted molar refractivity (Wildman–Crippen MR) is 88.6 cm³/mol. The lowest BCUT2D eigenvalue weighted by atomic mass is 9.78. The molecule has 0 aromatic rings. The van der Waals surface area contributed by atoms with Gasteiger partial charge in [-0.25, -0.2) is 4.79 Å². The summed E-state index contributed by atoms with van der Waals surface area (Å²) < 4.78 is 10.2. The van der Waals surface area contributed by atoms with Crippen molar-refractivity contribution in [1.29, 1.82) is 0 Å². The Morgan fingerprint density at radius 1 is 1.40 bits per heavy atom. The van der Waals surface area contributed by atoms with E-state index in [2.05, 4.69) is 16.0 Å². The number of ether oxygens (including phenoxy) is 2. The highest BCUT2D eigenvalue weighted by atomic mass is 16.5. The van der Waals surface area contributed by atoms with E-state index in [-0.39, 0.29) is 35.6 Å². The monoisotopic (exact) mass is 353 g/mol. The van der Waals surface area contributed by atoms with Gasteiger partial charge in [0.2, 0.25) is 11.8 Å². The second-order valence-electron chi connectivity index (χ2n) is 7.35. The molecule has 25 heavy (non-hydrogen) atoms. The fraction of sp³-hybridized carbons (Fsp3) is 0.824. The van der Waals surface area contributed by atoms with E-state index in [1.165, 1.54) is 7.11 Å². The molecule has 0 radical (unpaired) electrons. The average molecular weight is 353 g/mol. The normalized spacial score (nSPS) is 29.2. The Morgan fingerprint density at radius 2 is 2.16 bits per heavy atom. The van der Waals surface area contributed by atoms with Crippen molar-refractivity contribution in [3.05, 3.63) is 0 Å². The molecule has 0 bridgehead atoms. The molecule has 3 N–H and O–H groups in total. The van der Waals surface area contributed by atoms with Crippen LogP contribution < -0.4 is 16.0 Å². The van der Waals surface area contributed by atoms with Crippen LogP contribution in [0.3, 0.4) is 0 Å². The highest BCUT2D eigenvalue weighted by Gasteiger charge is 2.43. The summed E-state index contributed by atoms with van der Waals surface area (Å²) in [5, 5.41) is 8.83. The van der Waals surface area contributed by atoms with E-state index in [4.69, 9.17) is 9.47 Å².